The summed E-state index contributed by atoms with van der Waals surface area (Å²) in [6.07, 6.45) is 3.06. The molecule has 0 saturated carbocycles. The first-order chi connectivity index (χ1) is 8.83. The van der Waals surface area contributed by atoms with Crippen molar-refractivity contribution in [1.29, 1.82) is 0 Å². The Morgan fingerprint density at radius 2 is 2.00 bits per heavy atom. The topological polar surface area (TPSA) is 16.1 Å². The van der Waals surface area contributed by atoms with Gasteiger partial charge in [0, 0.05) is 31.5 Å². The zero-order valence-corrected chi connectivity index (χ0v) is 10.8. The number of fused-ring (bicyclic) bond motifs is 1. The number of nitrogens with zero attached hydrogens (tertiary/aromatic N) is 2. The molecule has 0 saturated heterocycles. The van der Waals surface area contributed by atoms with E-state index in [4.69, 9.17) is 0 Å². The van der Waals surface area contributed by atoms with Gasteiger partial charge in [0.05, 0.1) is 0 Å². The Morgan fingerprint density at radius 3 is 2.83 bits per heavy atom. The first-order valence-corrected chi connectivity index (χ1v) is 6.52. The minimum Gasteiger partial charge on any atom is -0.294 e. The molecule has 0 atom stereocenters. The second kappa shape index (κ2) is 4.91. The molecule has 2 heterocycles. The summed E-state index contributed by atoms with van der Waals surface area (Å²) in [5, 5.41) is 0. The Labute approximate surface area is 108 Å². The van der Waals surface area contributed by atoms with Crippen LogP contribution in [0.4, 0.5) is 0 Å². The van der Waals surface area contributed by atoms with Gasteiger partial charge in [-0.1, -0.05) is 30.3 Å². The van der Waals surface area contributed by atoms with Crippen LogP contribution in [-0.2, 0) is 19.5 Å². The fourth-order valence-corrected chi connectivity index (χ4v) is 2.71. The van der Waals surface area contributed by atoms with Crippen LogP contribution < -0.4 is 0 Å². The van der Waals surface area contributed by atoms with Gasteiger partial charge in [-0.15, -0.1) is 0 Å². The monoisotopic (exact) mass is 238 g/mol. The minimum absolute atomic E-state index is 1.04. The van der Waals surface area contributed by atoms with Crippen molar-refractivity contribution in [3.8, 4) is 0 Å². The lowest BCUT2D eigenvalue weighted by Crippen LogP contribution is -2.30. The zero-order chi connectivity index (χ0) is 12.4. The molecule has 2 nitrogen and oxygen atoms in total. The second-order valence-corrected chi connectivity index (χ2v) is 4.98. The van der Waals surface area contributed by atoms with Gasteiger partial charge in [-0.2, -0.15) is 0 Å². The molecule has 1 aromatic heterocycles. The number of aromatic nitrogens is 1. The van der Waals surface area contributed by atoms with Crippen LogP contribution in [0, 0.1) is 6.92 Å². The second-order valence-electron chi connectivity index (χ2n) is 4.98. The van der Waals surface area contributed by atoms with Gasteiger partial charge in [-0.05, 0) is 36.1 Å². The summed E-state index contributed by atoms with van der Waals surface area (Å²) in [6.45, 7) is 5.34. The lowest BCUT2D eigenvalue weighted by Gasteiger charge is -2.29. The van der Waals surface area contributed by atoms with Gasteiger partial charge in [0.15, 0.2) is 0 Å². The van der Waals surface area contributed by atoms with Gasteiger partial charge < -0.3 is 0 Å². The molecule has 1 aromatic carbocycles. The van der Waals surface area contributed by atoms with Gasteiger partial charge in [0.25, 0.3) is 0 Å². The summed E-state index contributed by atoms with van der Waals surface area (Å²) in [4.78, 5) is 6.89. The smallest absolute Gasteiger partial charge is 0.0408 e. The average Bonchev–Trinajstić information content (AvgIpc) is 2.40. The summed E-state index contributed by atoms with van der Waals surface area (Å²) in [7, 11) is 0. The number of hydrogen-bond donors (Lipinski definition) is 0. The molecule has 2 aromatic rings. The minimum atomic E-state index is 1.04. The van der Waals surface area contributed by atoms with E-state index >= 15 is 0 Å². The maximum atomic E-state index is 4.38. The third-order valence-corrected chi connectivity index (χ3v) is 3.69. The van der Waals surface area contributed by atoms with E-state index in [-0.39, 0.29) is 0 Å². The number of benzene rings is 1. The summed E-state index contributed by atoms with van der Waals surface area (Å²) < 4.78 is 0. The van der Waals surface area contributed by atoms with E-state index in [1.165, 1.54) is 22.4 Å². The van der Waals surface area contributed by atoms with Crippen LogP contribution in [0.3, 0.4) is 0 Å². The van der Waals surface area contributed by atoms with Gasteiger partial charge in [0.1, 0.15) is 0 Å². The Morgan fingerprint density at radius 1 is 1.17 bits per heavy atom. The largest absolute Gasteiger partial charge is 0.294 e. The lowest BCUT2D eigenvalue weighted by atomic mass is 9.99. The highest BCUT2D eigenvalue weighted by Crippen LogP contribution is 2.21. The van der Waals surface area contributed by atoms with E-state index in [2.05, 4.69) is 53.2 Å². The van der Waals surface area contributed by atoms with E-state index in [1.807, 2.05) is 6.20 Å². The van der Waals surface area contributed by atoms with Crippen LogP contribution in [0.1, 0.15) is 22.4 Å². The summed E-state index contributed by atoms with van der Waals surface area (Å²) in [5.74, 6) is 0. The maximum absolute atomic E-state index is 4.38. The summed E-state index contributed by atoms with van der Waals surface area (Å²) in [5.41, 5.74) is 5.50. The fraction of sp³-hybridized carbons (Fsp3) is 0.312. The Hall–Kier alpha value is -1.67. The van der Waals surface area contributed by atoms with E-state index in [1.54, 1.807) is 0 Å². The van der Waals surface area contributed by atoms with Crippen molar-refractivity contribution < 1.29 is 0 Å². The van der Waals surface area contributed by atoms with Gasteiger partial charge in [-0.3, -0.25) is 9.88 Å². The molecule has 1 aliphatic rings. The molecular weight excluding hydrogens is 220 g/mol. The molecule has 92 valence electrons. The van der Waals surface area contributed by atoms with Crippen LogP contribution in [0.5, 0.6) is 0 Å². The number of aryl methyl sites for hydroxylation is 1. The molecule has 0 aliphatic carbocycles. The van der Waals surface area contributed by atoms with Crippen LogP contribution in [-0.4, -0.2) is 16.4 Å². The standard InChI is InChI=1S/C16H18N2/c1-13-16-8-10-18(12-15(16)7-9-17-13)11-14-5-3-2-4-6-14/h2-7,9H,8,10-12H2,1H3. The molecule has 0 amide bonds. The molecule has 0 radical (unpaired) electrons. The molecule has 0 bridgehead atoms. The molecule has 1 aliphatic heterocycles. The van der Waals surface area contributed by atoms with Crippen LogP contribution in [0.2, 0.25) is 0 Å². The van der Waals surface area contributed by atoms with Crippen molar-refractivity contribution in [1.82, 2.24) is 9.88 Å². The van der Waals surface area contributed by atoms with E-state index in [9.17, 15) is 0 Å². The average molecular weight is 238 g/mol. The van der Waals surface area contributed by atoms with E-state index in [0.717, 1.165) is 26.1 Å². The van der Waals surface area contributed by atoms with Gasteiger partial charge >= 0.3 is 0 Å². The molecule has 0 fully saturated rings. The Kier molecular flexibility index (Phi) is 3.11. The predicted molar refractivity (Wildman–Crippen MR) is 73.2 cm³/mol. The van der Waals surface area contributed by atoms with Crippen molar-refractivity contribution in [2.24, 2.45) is 0 Å². The van der Waals surface area contributed by atoms with E-state index in [0.29, 0.717) is 0 Å². The number of hydrogen-bond acceptors (Lipinski definition) is 2. The highest BCUT2D eigenvalue weighted by molar-refractivity contribution is 5.31. The summed E-state index contributed by atoms with van der Waals surface area (Å²) >= 11 is 0. The van der Waals surface area contributed by atoms with Crippen molar-refractivity contribution in [3.63, 3.8) is 0 Å². The zero-order valence-electron chi connectivity index (χ0n) is 10.8. The van der Waals surface area contributed by atoms with Gasteiger partial charge in [-0.25, -0.2) is 0 Å². The fourth-order valence-electron chi connectivity index (χ4n) is 2.71. The third kappa shape index (κ3) is 2.29. The lowest BCUT2D eigenvalue weighted by molar-refractivity contribution is 0.245. The molecule has 2 heteroatoms. The highest BCUT2D eigenvalue weighted by atomic mass is 15.1. The normalized spacial score (nSPS) is 15.4. The first kappa shape index (κ1) is 11.4. The molecule has 0 spiro atoms. The van der Waals surface area contributed by atoms with Crippen molar-refractivity contribution in [2.75, 3.05) is 6.54 Å². The first-order valence-electron chi connectivity index (χ1n) is 6.52. The quantitative estimate of drug-likeness (QED) is 0.799. The van der Waals surface area contributed by atoms with Crippen LogP contribution in [0.15, 0.2) is 42.6 Å². The van der Waals surface area contributed by atoms with Crippen molar-refractivity contribution >= 4 is 0 Å². The SMILES string of the molecule is Cc1nccc2c1CCN(Cc1ccccc1)C2. The molecule has 0 N–H and O–H groups in total. The Bertz CT molecular complexity index is 534. The number of rotatable bonds is 2. The predicted octanol–water partition coefficient (Wildman–Crippen LogP) is 2.95. The number of pyridine rings is 1. The third-order valence-electron chi connectivity index (χ3n) is 3.69. The van der Waals surface area contributed by atoms with Gasteiger partial charge in [0.2, 0.25) is 0 Å². The van der Waals surface area contributed by atoms with Crippen LogP contribution >= 0.6 is 0 Å². The molecule has 18 heavy (non-hydrogen) atoms. The van der Waals surface area contributed by atoms with Crippen molar-refractivity contribution in [3.05, 3.63) is 65.0 Å². The van der Waals surface area contributed by atoms with Crippen molar-refractivity contribution in [2.45, 2.75) is 26.4 Å². The molecule has 3 rings (SSSR count). The van der Waals surface area contributed by atoms with E-state index < -0.39 is 0 Å². The molecule has 0 unspecified atom stereocenters. The maximum Gasteiger partial charge on any atom is 0.0408 e. The highest BCUT2D eigenvalue weighted by Gasteiger charge is 2.17. The van der Waals surface area contributed by atoms with Crippen LogP contribution in [0.25, 0.3) is 0 Å². The molecular formula is C16H18N2. The Balaban J connectivity index is 1.76. The summed E-state index contributed by atoms with van der Waals surface area (Å²) in [6, 6.07) is 12.9.